The zero-order chi connectivity index (χ0) is 17.2. The van der Waals surface area contributed by atoms with Crippen molar-refractivity contribution in [2.75, 3.05) is 26.2 Å². The largest absolute Gasteiger partial charge is 0.355 e. The van der Waals surface area contributed by atoms with Crippen molar-refractivity contribution in [1.29, 1.82) is 0 Å². The van der Waals surface area contributed by atoms with Crippen LogP contribution >= 0.6 is 0 Å². The van der Waals surface area contributed by atoms with E-state index in [0.29, 0.717) is 25.7 Å². The molecule has 1 unspecified atom stereocenters. The Morgan fingerprint density at radius 1 is 1.08 bits per heavy atom. The van der Waals surface area contributed by atoms with Crippen LogP contribution in [0.2, 0.25) is 0 Å². The molecule has 132 valence electrons. The molecule has 3 N–H and O–H groups in total. The molecule has 6 nitrogen and oxygen atoms in total. The smallest absolute Gasteiger partial charge is 0.314 e. The monoisotopic (exact) mass is 332 g/mol. The van der Waals surface area contributed by atoms with Crippen LogP contribution in [-0.4, -0.2) is 49.1 Å². The SMILES string of the molecule is CC(=O)NCCNC(=O)NCC1CCCCN1Cc1ccccc1. The molecule has 0 bridgehead atoms. The maximum absolute atomic E-state index is 11.8. The van der Waals surface area contributed by atoms with E-state index in [-0.39, 0.29) is 11.9 Å². The van der Waals surface area contributed by atoms with E-state index in [2.05, 4.69) is 45.1 Å². The lowest BCUT2D eigenvalue weighted by atomic mass is 10.0. The third kappa shape index (κ3) is 6.58. The number of carbonyl (C=O) groups excluding carboxylic acids is 2. The molecule has 0 saturated carbocycles. The van der Waals surface area contributed by atoms with Crippen LogP contribution in [0.5, 0.6) is 0 Å². The van der Waals surface area contributed by atoms with E-state index in [1.54, 1.807) is 0 Å². The van der Waals surface area contributed by atoms with Crippen molar-refractivity contribution in [3.8, 4) is 0 Å². The number of nitrogens with one attached hydrogen (secondary N) is 3. The summed E-state index contributed by atoms with van der Waals surface area (Å²) >= 11 is 0. The fourth-order valence-electron chi connectivity index (χ4n) is 3.00. The minimum absolute atomic E-state index is 0.0871. The molecule has 1 fully saturated rings. The number of amides is 3. The second-order valence-corrected chi connectivity index (χ2v) is 6.23. The number of hydrogen-bond donors (Lipinski definition) is 3. The molecule has 1 atom stereocenters. The molecule has 1 saturated heterocycles. The van der Waals surface area contributed by atoms with E-state index in [4.69, 9.17) is 0 Å². The number of piperidine rings is 1. The molecule has 24 heavy (non-hydrogen) atoms. The summed E-state index contributed by atoms with van der Waals surface area (Å²) in [6.07, 6.45) is 3.53. The van der Waals surface area contributed by atoms with Crippen LogP contribution in [0.1, 0.15) is 31.7 Å². The summed E-state index contributed by atoms with van der Waals surface area (Å²) in [5.74, 6) is -0.0871. The second kappa shape index (κ2) is 9.93. The van der Waals surface area contributed by atoms with Crippen molar-refractivity contribution < 1.29 is 9.59 Å². The highest BCUT2D eigenvalue weighted by molar-refractivity contribution is 5.74. The zero-order valence-electron chi connectivity index (χ0n) is 14.4. The third-order valence-corrected chi connectivity index (χ3v) is 4.26. The summed E-state index contributed by atoms with van der Waals surface area (Å²) in [5.41, 5.74) is 1.31. The van der Waals surface area contributed by atoms with Crippen molar-refractivity contribution in [3.05, 3.63) is 35.9 Å². The van der Waals surface area contributed by atoms with Gasteiger partial charge in [0, 0.05) is 39.1 Å². The molecule has 2 rings (SSSR count). The number of nitrogens with zero attached hydrogens (tertiary/aromatic N) is 1. The highest BCUT2D eigenvalue weighted by Crippen LogP contribution is 2.19. The number of carbonyl (C=O) groups is 2. The number of benzene rings is 1. The van der Waals surface area contributed by atoms with Crippen molar-refractivity contribution in [2.24, 2.45) is 0 Å². The summed E-state index contributed by atoms with van der Waals surface area (Å²) < 4.78 is 0. The Morgan fingerprint density at radius 3 is 2.58 bits per heavy atom. The van der Waals surface area contributed by atoms with Crippen LogP contribution in [0.4, 0.5) is 4.79 Å². The van der Waals surface area contributed by atoms with Gasteiger partial charge in [0.15, 0.2) is 0 Å². The molecule has 1 aromatic rings. The van der Waals surface area contributed by atoms with Gasteiger partial charge in [0.05, 0.1) is 0 Å². The first kappa shape index (κ1) is 18.3. The first-order valence-electron chi connectivity index (χ1n) is 8.69. The van der Waals surface area contributed by atoms with Crippen LogP contribution in [0.25, 0.3) is 0 Å². The Morgan fingerprint density at radius 2 is 1.83 bits per heavy atom. The molecule has 0 aromatic heterocycles. The summed E-state index contributed by atoms with van der Waals surface area (Å²) in [6, 6.07) is 10.7. The van der Waals surface area contributed by atoms with Gasteiger partial charge in [0.2, 0.25) is 5.91 Å². The van der Waals surface area contributed by atoms with Crippen LogP contribution in [0.3, 0.4) is 0 Å². The molecule has 6 heteroatoms. The Bertz CT molecular complexity index is 521. The Labute approximate surface area is 144 Å². The number of urea groups is 1. The van der Waals surface area contributed by atoms with E-state index in [1.165, 1.54) is 25.3 Å². The van der Waals surface area contributed by atoms with E-state index >= 15 is 0 Å². The summed E-state index contributed by atoms with van der Waals surface area (Å²) in [6.45, 7) is 5.00. The van der Waals surface area contributed by atoms with Gasteiger partial charge in [-0.2, -0.15) is 0 Å². The predicted octanol–water partition coefficient (Wildman–Crippen LogP) is 1.48. The van der Waals surface area contributed by atoms with E-state index in [0.717, 1.165) is 19.5 Å². The van der Waals surface area contributed by atoms with E-state index in [9.17, 15) is 9.59 Å². The molecule has 0 radical (unpaired) electrons. The molecule has 1 aromatic carbocycles. The average molecular weight is 332 g/mol. The van der Waals surface area contributed by atoms with Gasteiger partial charge in [-0.25, -0.2) is 4.79 Å². The summed E-state index contributed by atoms with van der Waals surface area (Å²) in [7, 11) is 0. The summed E-state index contributed by atoms with van der Waals surface area (Å²) in [5, 5.41) is 8.36. The van der Waals surface area contributed by atoms with Crippen LogP contribution in [0, 0.1) is 0 Å². The molecular weight excluding hydrogens is 304 g/mol. The van der Waals surface area contributed by atoms with Gasteiger partial charge in [-0.1, -0.05) is 36.8 Å². The molecule has 1 aliphatic rings. The van der Waals surface area contributed by atoms with Crippen LogP contribution in [0.15, 0.2) is 30.3 Å². The fourth-order valence-corrected chi connectivity index (χ4v) is 3.00. The average Bonchev–Trinajstić information content (AvgIpc) is 2.59. The van der Waals surface area contributed by atoms with E-state index in [1.807, 2.05) is 6.07 Å². The zero-order valence-corrected chi connectivity index (χ0v) is 14.4. The van der Waals surface area contributed by atoms with Gasteiger partial charge in [-0.15, -0.1) is 0 Å². The Kier molecular flexibility index (Phi) is 7.55. The fraction of sp³-hybridized carbons (Fsp3) is 0.556. The molecule has 3 amide bonds. The maximum atomic E-state index is 11.8. The third-order valence-electron chi connectivity index (χ3n) is 4.26. The number of rotatable bonds is 7. The Balaban J connectivity index is 1.72. The van der Waals surface area contributed by atoms with Crippen molar-refractivity contribution in [2.45, 2.75) is 38.8 Å². The van der Waals surface area contributed by atoms with Gasteiger partial charge in [0.1, 0.15) is 0 Å². The van der Waals surface area contributed by atoms with Gasteiger partial charge >= 0.3 is 6.03 Å². The molecule has 1 heterocycles. The van der Waals surface area contributed by atoms with Gasteiger partial charge in [-0.3, -0.25) is 9.69 Å². The van der Waals surface area contributed by atoms with E-state index < -0.39 is 0 Å². The Hall–Kier alpha value is -2.08. The van der Waals surface area contributed by atoms with Gasteiger partial charge in [-0.05, 0) is 24.9 Å². The quantitative estimate of drug-likeness (QED) is 0.662. The summed E-state index contributed by atoms with van der Waals surface area (Å²) in [4.78, 5) is 25.1. The lowest BCUT2D eigenvalue weighted by Crippen LogP contribution is -2.49. The first-order chi connectivity index (χ1) is 11.6. The highest BCUT2D eigenvalue weighted by Gasteiger charge is 2.22. The minimum atomic E-state index is -0.175. The molecule has 1 aliphatic heterocycles. The predicted molar refractivity (Wildman–Crippen MR) is 94.6 cm³/mol. The normalized spacial score (nSPS) is 18.0. The topological polar surface area (TPSA) is 73.5 Å². The standard InChI is InChI=1S/C18H28N4O2/c1-15(23)19-10-11-20-18(24)21-13-17-9-5-6-12-22(17)14-16-7-3-2-4-8-16/h2-4,7-8,17H,5-6,9-14H2,1H3,(H,19,23)(H2,20,21,24). The van der Waals surface area contributed by atoms with Gasteiger partial charge < -0.3 is 16.0 Å². The maximum Gasteiger partial charge on any atom is 0.314 e. The van der Waals surface area contributed by atoms with Crippen molar-refractivity contribution in [3.63, 3.8) is 0 Å². The second-order valence-electron chi connectivity index (χ2n) is 6.23. The minimum Gasteiger partial charge on any atom is -0.355 e. The number of hydrogen-bond acceptors (Lipinski definition) is 3. The van der Waals surface area contributed by atoms with Crippen molar-refractivity contribution >= 4 is 11.9 Å². The number of likely N-dealkylation sites (tertiary alicyclic amines) is 1. The molecule has 0 aliphatic carbocycles. The van der Waals surface area contributed by atoms with Crippen LogP contribution < -0.4 is 16.0 Å². The molecular formula is C18H28N4O2. The first-order valence-corrected chi connectivity index (χ1v) is 8.69. The highest BCUT2D eigenvalue weighted by atomic mass is 16.2. The lowest BCUT2D eigenvalue weighted by molar-refractivity contribution is -0.118. The molecule has 0 spiro atoms. The lowest BCUT2D eigenvalue weighted by Gasteiger charge is -2.35. The van der Waals surface area contributed by atoms with Crippen molar-refractivity contribution in [1.82, 2.24) is 20.9 Å². The van der Waals surface area contributed by atoms with Crippen LogP contribution in [-0.2, 0) is 11.3 Å². The van der Waals surface area contributed by atoms with Gasteiger partial charge in [0.25, 0.3) is 0 Å².